The highest BCUT2D eigenvalue weighted by Gasteiger charge is 2.30. The number of amides is 2. The Morgan fingerprint density at radius 3 is 2.77 bits per heavy atom. The van der Waals surface area contributed by atoms with Crippen molar-refractivity contribution in [2.45, 2.75) is 45.3 Å². The summed E-state index contributed by atoms with van der Waals surface area (Å²) in [7, 11) is 0. The van der Waals surface area contributed by atoms with Crippen molar-refractivity contribution in [1.82, 2.24) is 19.4 Å². The fourth-order valence-corrected chi connectivity index (χ4v) is 4.40. The lowest BCUT2D eigenvalue weighted by Crippen LogP contribution is -2.44. The van der Waals surface area contributed by atoms with E-state index < -0.39 is 0 Å². The molecule has 1 N–H and O–H groups in total. The first kappa shape index (κ1) is 21.6. The van der Waals surface area contributed by atoms with Gasteiger partial charge in [-0.1, -0.05) is 36.7 Å². The molecule has 2 atom stereocenters. The molecule has 1 aromatic heterocycles. The third-order valence-corrected chi connectivity index (χ3v) is 6.37. The molecule has 8 heteroatoms. The van der Waals surface area contributed by atoms with Gasteiger partial charge in [0, 0.05) is 18.7 Å². The molecule has 2 aromatic rings. The molecule has 2 aliphatic rings. The number of aromatic nitrogens is 2. The highest BCUT2D eigenvalue weighted by molar-refractivity contribution is 6.33. The number of rotatable bonds is 6. The van der Waals surface area contributed by atoms with Gasteiger partial charge in [0.05, 0.1) is 29.5 Å². The first-order valence-corrected chi connectivity index (χ1v) is 11.2. The first-order valence-electron chi connectivity index (χ1n) is 10.8. The van der Waals surface area contributed by atoms with Crippen molar-refractivity contribution in [2.24, 2.45) is 0 Å². The average molecular weight is 442 g/mol. The predicted octanol–water partition coefficient (Wildman–Crippen LogP) is 3.73. The van der Waals surface area contributed by atoms with Crippen LogP contribution in [-0.4, -0.2) is 56.8 Å². The summed E-state index contributed by atoms with van der Waals surface area (Å²) in [5.74, 6) is 0.431. The molecular weight excluding hydrogens is 414 g/mol. The zero-order valence-electron chi connectivity index (χ0n) is 17.9. The van der Waals surface area contributed by atoms with Gasteiger partial charge in [0.15, 0.2) is 0 Å². The fraction of sp³-hybridized carbons (Fsp3) is 0.435. The zero-order chi connectivity index (χ0) is 22.0. The number of likely N-dealkylation sites (tertiary alicyclic amines) is 1. The molecule has 1 saturated heterocycles. The van der Waals surface area contributed by atoms with E-state index in [1.807, 2.05) is 29.7 Å². The molecule has 0 radical (unpaired) electrons. The second-order valence-corrected chi connectivity index (χ2v) is 8.56. The van der Waals surface area contributed by atoms with Crippen LogP contribution in [0.15, 0.2) is 42.6 Å². The molecule has 7 nitrogen and oxygen atoms in total. The molecule has 2 amide bonds. The maximum absolute atomic E-state index is 12.8. The number of halogens is 1. The Bertz CT molecular complexity index is 998. The Labute approximate surface area is 187 Å². The van der Waals surface area contributed by atoms with E-state index in [0.29, 0.717) is 41.4 Å². The molecular formula is C23H28ClN5O2. The number of carbonyl (C=O) groups is 2. The molecule has 0 unspecified atom stereocenters. The SMILES string of the molecule is CC[C@@H](/C=C/C(=O)N1Cc2ncc(C(=O)Nc3ccccc3Cl)n2[C@H](C)C1)N1CCC1. The number of benzene rings is 1. The van der Waals surface area contributed by atoms with Crippen molar-refractivity contribution >= 4 is 29.1 Å². The summed E-state index contributed by atoms with van der Waals surface area (Å²) >= 11 is 6.16. The number of imidazole rings is 1. The number of anilines is 1. The van der Waals surface area contributed by atoms with Crippen LogP contribution >= 0.6 is 11.6 Å². The van der Waals surface area contributed by atoms with Gasteiger partial charge in [-0.15, -0.1) is 0 Å². The van der Waals surface area contributed by atoms with Gasteiger partial charge in [-0.3, -0.25) is 14.5 Å². The van der Waals surface area contributed by atoms with E-state index >= 15 is 0 Å². The summed E-state index contributed by atoms with van der Waals surface area (Å²) in [5, 5.41) is 3.33. The summed E-state index contributed by atoms with van der Waals surface area (Å²) in [6.07, 6.45) is 7.52. The number of nitrogens with zero attached hydrogens (tertiary/aromatic N) is 4. The van der Waals surface area contributed by atoms with E-state index in [9.17, 15) is 9.59 Å². The third kappa shape index (κ3) is 4.52. The van der Waals surface area contributed by atoms with E-state index in [1.165, 1.54) is 6.42 Å². The summed E-state index contributed by atoms with van der Waals surface area (Å²) in [6.45, 7) is 7.26. The van der Waals surface area contributed by atoms with Crippen LogP contribution < -0.4 is 5.32 Å². The molecule has 3 heterocycles. The zero-order valence-corrected chi connectivity index (χ0v) is 18.7. The molecule has 0 bridgehead atoms. The summed E-state index contributed by atoms with van der Waals surface area (Å²) in [6, 6.07) is 7.38. The van der Waals surface area contributed by atoms with E-state index in [0.717, 1.165) is 19.5 Å². The van der Waals surface area contributed by atoms with Gasteiger partial charge >= 0.3 is 0 Å². The second kappa shape index (κ2) is 9.24. The van der Waals surface area contributed by atoms with Gasteiger partial charge in [-0.2, -0.15) is 0 Å². The van der Waals surface area contributed by atoms with Crippen LogP contribution in [0.3, 0.4) is 0 Å². The van der Waals surface area contributed by atoms with Crippen molar-refractivity contribution in [2.75, 3.05) is 25.0 Å². The van der Waals surface area contributed by atoms with Gasteiger partial charge < -0.3 is 14.8 Å². The van der Waals surface area contributed by atoms with Crippen molar-refractivity contribution in [3.05, 3.63) is 59.2 Å². The van der Waals surface area contributed by atoms with Gasteiger partial charge in [0.1, 0.15) is 11.5 Å². The molecule has 31 heavy (non-hydrogen) atoms. The lowest BCUT2D eigenvalue weighted by molar-refractivity contribution is -0.128. The van der Waals surface area contributed by atoms with Crippen LogP contribution in [0.1, 0.15) is 49.0 Å². The average Bonchev–Trinajstić information content (AvgIpc) is 3.16. The quantitative estimate of drug-likeness (QED) is 0.693. The second-order valence-electron chi connectivity index (χ2n) is 8.16. The van der Waals surface area contributed by atoms with E-state index in [4.69, 9.17) is 11.6 Å². The van der Waals surface area contributed by atoms with Gasteiger partial charge in [0.25, 0.3) is 5.91 Å². The van der Waals surface area contributed by atoms with Crippen molar-refractivity contribution in [3.8, 4) is 0 Å². The highest BCUT2D eigenvalue weighted by atomic mass is 35.5. The minimum absolute atomic E-state index is 0.0119. The normalized spacial score (nSPS) is 19.7. The Kier molecular flexibility index (Phi) is 6.43. The van der Waals surface area contributed by atoms with Crippen LogP contribution in [0, 0.1) is 0 Å². The number of para-hydroxylation sites is 1. The van der Waals surface area contributed by atoms with Gasteiger partial charge in [-0.05, 0) is 45.0 Å². The van der Waals surface area contributed by atoms with Gasteiger partial charge in [0.2, 0.25) is 5.91 Å². The van der Waals surface area contributed by atoms with Crippen molar-refractivity contribution in [3.63, 3.8) is 0 Å². The standard InChI is InChI=1S/C23H28ClN5O2/c1-3-17(27-11-6-12-27)9-10-22(30)28-14-16(2)29-20(13-25-21(29)15-28)23(31)26-19-8-5-4-7-18(19)24/h4-5,7-10,13,16-17H,3,6,11-12,14-15H2,1-2H3,(H,26,31)/b10-9+/t16-,17+/m1/s1. The largest absolute Gasteiger partial charge is 0.330 e. The van der Waals surface area contributed by atoms with E-state index in [1.54, 1.807) is 29.3 Å². The van der Waals surface area contributed by atoms with Crippen LogP contribution in [0.4, 0.5) is 5.69 Å². The number of nitrogens with one attached hydrogen (secondary N) is 1. The summed E-state index contributed by atoms with van der Waals surface area (Å²) in [5.41, 5.74) is 1.02. The molecule has 0 spiro atoms. The van der Waals surface area contributed by atoms with E-state index in [-0.39, 0.29) is 17.9 Å². The summed E-state index contributed by atoms with van der Waals surface area (Å²) in [4.78, 5) is 34.3. The van der Waals surface area contributed by atoms with Crippen molar-refractivity contribution < 1.29 is 9.59 Å². The number of carbonyl (C=O) groups excluding carboxylic acids is 2. The highest BCUT2D eigenvalue weighted by Crippen LogP contribution is 2.26. The maximum Gasteiger partial charge on any atom is 0.273 e. The fourth-order valence-electron chi connectivity index (χ4n) is 4.22. The maximum atomic E-state index is 12.8. The molecule has 0 aliphatic carbocycles. The molecule has 2 aliphatic heterocycles. The van der Waals surface area contributed by atoms with Crippen LogP contribution in [0.5, 0.6) is 0 Å². The van der Waals surface area contributed by atoms with Gasteiger partial charge in [-0.25, -0.2) is 4.98 Å². The van der Waals surface area contributed by atoms with Crippen LogP contribution in [-0.2, 0) is 11.3 Å². The Hall–Kier alpha value is -2.64. The van der Waals surface area contributed by atoms with Crippen LogP contribution in [0.25, 0.3) is 0 Å². The Morgan fingerprint density at radius 2 is 2.10 bits per heavy atom. The topological polar surface area (TPSA) is 70.5 Å². The predicted molar refractivity (Wildman–Crippen MR) is 121 cm³/mol. The third-order valence-electron chi connectivity index (χ3n) is 6.04. The summed E-state index contributed by atoms with van der Waals surface area (Å²) < 4.78 is 1.91. The molecule has 1 aromatic carbocycles. The molecule has 4 rings (SSSR count). The smallest absolute Gasteiger partial charge is 0.273 e. The Balaban J connectivity index is 1.45. The first-order chi connectivity index (χ1) is 15.0. The molecule has 164 valence electrons. The lowest BCUT2D eigenvalue weighted by Gasteiger charge is -2.36. The molecule has 1 fully saturated rings. The number of hydrogen-bond donors (Lipinski definition) is 1. The lowest BCUT2D eigenvalue weighted by atomic mass is 10.1. The monoisotopic (exact) mass is 441 g/mol. The molecule has 0 saturated carbocycles. The Morgan fingerprint density at radius 1 is 1.32 bits per heavy atom. The van der Waals surface area contributed by atoms with Crippen LogP contribution in [0.2, 0.25) is 5.02 Å². The van der Waals surface area contributed by atoms with E-state index in [2.05, 4.69) is 22.1 Å². The minimum atomic E-state index is -0.265. The number of fused-ring (bicyclic) bond motifs is 1. The van der Waals surface area contributed by atoms with Crippen molar-refractivity contribution in [1.29, 1.82) is 0 Å². The minimum Gasteiger partial charge on any atom is -0.330 e. The number of hydrogen-bond acceptors (Lipinski definition) is 4.